The molecule has 16 heteroatoms. The molecule has 2 aromatic rings. The van der Waals surface area contributed by atoms with Gasteiger partial charge in [-0.2, -0.15) is 0 Å². The van der Waals surface area contributed by atoms with Gasteiger partial charge in [0, 0.05) is 29.9 Å². The number of carboxylic acid groups (broad SMARTS) is 3. The number of rotatable bonds is 16. The molecule has 11 N–H and O–H groups in total. The van der Waals surface area contributed by atoms with Crippen molar-refractivity contribution in [1.29, 1.82) is 0 Å². The van der Waals surface area contributed by atoms with Crippen molar-refractivity contribution in [3.63, 3.8) is 0 Å². The number of benzene rings is 1. The van der Waals surface area contributed by atoms with E-state index in [1.165, 1.54) is 0 Å². The molecule has 0 fully saturated rings. The predicted octanol–water partition coefficient (Wildman–Crippen LogP) is -2.21. The summed E-state index contributed by atoms with van der Waals surface area (Å²) in [5.74, 6) is -8.39. The lowest BCUT2D eigenvalue weighted by Gasteiger charge is -2.24. The van der Waals surface area contributed by atoms with Gasteiger partial charge < -0.3 is 47.7 Å². The smallest absolute Gasteiger partial charge is 0.326 e. The number of H-pyrrole nitrogens is 1. The summed E-state index contributed by atoms with van der Waals surface area (Å²) in [6.45, 7) is 0. The number of fused-ring (bicyclic) bond motifs is 1. The number of carbonyl (C=O) groups is 7. The second kappa shape index (κ2) is 14.2. The third kappa shape index (κ3) is 9.39. The van der Waals surface area contributed by atoms with Crippen molar-refractivity contribution in [3.8, 4) is 0 Å². The van der Waals surface area contributed by atoms with E-state index >= 15 is 0 Å². The van der Waals surface area contributed by atoms with Crippen molar-refractivity contribution < 1.29 is 48.9 Å². The zero-order valence-corrected chi connectivity index (χ0v) is 21.1. The number of para-hydroxylation sites is 1. The minimum Gasteiger partial charge on any atom is -0.481 e. The number of carboxylic acids is 3. The van der Waals surface area contributed by atoms with Crippen LogP contribution in [0.15, 0.2) is 30.5 Å². The fourth-order valence-electron chi connectivity index (χ4n) is 3.75. The van der Waals surface area contributed by atoms with Crippen LogP contribution in [-0.2, 0) is 40.0 Å². The van der Waals surface area contributed by atoms with Crippen LogP contribution in [0, 0.1) is 0 Å². The molecule has 0 aliphatic rings. The van der Waals surface area contributed by atoms with Crippen molar-refractivity contribution in [3.05, 3.63) is 36.0 Å². The van der Waals surface area contributed by atoms with Crippen LogP contribution in [0.2, 0.25) is 0 Å². The second-order valence-electron chi connectivity index (χ2n) is 8.89. The molecule has 0 saturated heterocycles. The summed E-state index contributed by atoms with van der Waals surface area (Å²) in [7, 11) is 0. The Hall–Kier alpha value is -4.99. The van der Waals surface area contributed by atoms with Gasteiger partial charge >= 0.3 is 17.9 Å². The number of nitrogens with two attached hydrogens (primary N) is 2. The van der Waals surface area contributed by atoms with Crippen LogP contribution in [0.3, 0.4) is 0 Å². The summed E-state index contributed by atoms with van der Waals surface area (Å²) in [5, 5.41) is 34.7. The Kier molecular flexibility index (Phi) is 11.1. The Morgan fingerprint density at radius 1 is 0.800 bits per heavy atom. The fourth-order valence-corrected chi connectivity index (χ4v) is 3.75. The van der Waals surface area contributed by atoms with E-state index in [2.05, 4.69) is 20.9 Å². The van der Waals surface area contributed by atoms with E-state index in [1.807, 2.05) is 0 Å². The molecule has 1 aromatic heterocycles. The third-order valence-corrected chi connectivity index (χ3v) is 5.77. The first-order valence-electron chi connectivity index (χ1n) is 11.9. The molecule has 0 spiro atoms. The predicted molar refractivity (Wildman–Crippen MR) is 136 cm³/mol. The Bertz CT molecular complexity index is 1290. The highest BCUT2D eigenvalue weighted by molar-refractivity contribution is 5.96. The number of hydrogen-bond acceptors (Lipinski definition) is 8. The molecular weight excluding hydrogens is 532 g/mol. The van der Waals surface area contributed by atoms with Gasteiger partial charge in [-0.25, -0.2) is 4.79 Å². The molecule has 216 valence electrons. The number of nitrogens with one attached hydrogen (secondary N) is 4. The standard InChI is InChI=1S/C24H30N6O10/c25-13(5-6-19(32)33)21(36)28-16(9-20(34)35)23(38)29-15(22(37)30-17(24(39)40)8-18(26)31)7-11-10-27-14-4-2-1-3-12(11)14/h1-4,10,13,15-17,27H,5-9,25H2,(H2,26,31)(H,28,36)(H,29,38)(H,30,37)(H,32,33)(H,34,35)(H,39,40). The van der Waals surface area contributed by atoms with Gasteiger partial charge in [0.25, 0.3) is 0 Å². The summed E-state index contributed by atoms with van der Waals surface area (Å²) >= 11 is 0. The van der Waals surface area contributed by atoms with Crippen LogP contribution in [0.4, 0.5) is 0 Å². The number of aromatic nitrogens is 1. The van der Waals surface area contributed by atoms with Crippen molar-refractivity contribution in [2.45, 2.75) is 56.3 Å². The van der Waals surface area contributed by atoms with Crippen LogP contribution in [0.5, 0.6) is 0 Å². The zero-order chi connectivity index (χ0) is 30.0. The molecule has 0 saturated carbocycles. The molecule has 0 bridgehead atoms. The van der Waals surface area contributed by atoms with E-state index in [1.54, 1.807) is 30.5 Å². The Morgan fingerprint density at radius 2 is 1.40 bits per heavy atom. The first-order chi connectivity index (χ1) is 18.8. The average Bonchev–Trinajstić information content (AvgIpc) is 3.28. The molecule has 4 atom stereocenters. The fraction of sp³-hybridized carbons (Fsp3) is 0.375. The second-order valence-corrected chi connectivity index (χ2v) is 8.89. The quantitative estimate of drug-likeness (QED) is 0.106. The maximum absolute atomic E-state index is 13.1. The Labute approximate surface area is 226 Å². The minimum absolute atomic E-state index is 0.198. The van der Waals surface area contributed by atoms with E-state index in [0.717, 1.165) is 0 Å². The lowest BCUT2D eigenvalue weighted by Crippen LogP contribution is -2.58. The first-order valence-corrected chi connectivity index (χ1v) is 11.9. The lowest BCUT2D eigenvalue weighted by atomic mass is 10.0. The van der Waals surface area contributed by atoms with Gasteiger partial charge in [-0.1, -0.05) is 18.2 Å². The minimum atomic E-state index is -1.72. The van der Waals surface area contributed by atoms with Crippen molar-refractivity contribution >= 4 is 52.4 Å². The summed E-state index contributed by atoms with van der Waals surface area (Å²) < 4.78 is 0. The topological polar surface area (TPSA) is 284 Å². The summed E-state index contributed by atoms with van der Waals surface area (Å²) in [4.78, 5) is 86.6. The highest BCUT2D eigenvalue weighted by Crippen LogP contribution is 2.19. The summed E-state index contributed by atoms with van der Waals surface area (Å²) in [6.07, 6.45) is -1.02. The Balaban J connectivity index is 2.31. The monoisotopic (exact) mass is 562 g/mol. The average molecular weight is 563 g/mol. The van der Waals surface area contributed by atoms with Crippen LogP contribution in [0.25, 0.3) is 10.9 Å². The van der Waals surface area contributed by atoms with Gasteiger partial charge in [-0.3, -0.25) is 28.8 Å². The number of carbonyl (C=O) groups excluding carboxylic acids is 4. The van der Waals surface area contributed by atoms with E-state index in [-0.39, 0.29) is 12.8 Å². The van der Waals surface area contributed by atoms with Gasteiger partial charge in [0.05, 0.1) is 18.9 Å². The molecule has 2 rings (SSSR count). The largest absolute Gasteiger partial charge is 0.481 e. The number of aliphatic carboxylic acids is 3. The van der Waals surface area contributed by atoms with Crippen LogP contribution >= 0.6 is 0 Å². The SMILES string of the molecule is NC(=O)CC(NC(=O)C(Cc1c[nH]c2ccccc12)NC(=O)C(CC(=O)O)NC(=O)C(N)CCC(=O)O)C(=O)O. The number of aromatic amines is 1. The van der Waals surface area contributed by atoms with Gasteiger partial charge in [0.1, 0.15) is 18.1 Å². The zero-order valence-electron chi connectivity index (χ0n) is 21.1. The van der Waals surface area contributed by atoms with Crippen molar-refractivity contribution in [2.75, 3.05) is 0 Å². The molecule has 16 nitrogen and oxygen atoms in total. The van der Waals surface area contributed by atoms with Crippen molar-refractivity contribution in [1.82, 2.24) is 20.9 Å². The van der Waals surface area contributed by atoms with Crippen LogP contribution in [-0.4, -0.2) is 86.0 Å². The van der Waals surface area contributed by atoms with Gasteiger partial charge in [-0.15, -0.1) is 0 Å². The molecule has 40 heavy (non-hydrogen) atoms. The van der Waals surface area contributed by atoms with E-state index < -0.39 is 85.0 Å². The highest BCUT2D eigenvalue weighted by atomic mass is 16.4. The normalized spacial score (nSPS) is 13.8. The number of amides is 4. The molecule has 0 radical (unpaired) electrons. The van der Waals surface area contributed by atoms with Crippen LogP contribution < -0.4 is 27.4 Å². The molecule has 4 amide bonds. The van der Waals surface area contributed by atoms with Gasteiger partial charge in [0.15, 0.2) is 0 Å². The molecular formula is C24H30N6O10. The van der Waals surface area contributed by atoms with E-state index in [4.69, 9.17) is 16.6 Å². The molecule has 1 heterocycles. The lowest BCUT2D eigenvalue weighted by molar-refractivity contribution is -0.144. The summed E-state index contributed by atoms with van der Waals surface area (Å²) in [5.41, 5.74) is 11.9. The van der Waals surface area contributed by atoms with E-state index in [0.29, 0.717) is 16.5 Å². The van der Waals surface area contributed by atoms with Crippen LogP contribution in [0.1, 0.15) is 31.2 Å². The first kappa shape index (κ1) is 31.2. The van der Waals surface area contributed by atoms with Gasteiger partial charge in [-0.05, 0) is 18.1 Å². The Morgan fingerprint density at radius 3 is 2.00 bits per heavy atom. The molecule has 0 aliphatic carbocycles. The molecule has 4 unspecified atom stereocenters. The maximum atomic E-state index is 13.1. The maximum Gasteiger partial charge on any atom is 0.326 e. The number of primary amides is 1. The van der Waals surface area contributed by atoms with Gasteiger partial charge in [0.2, 0.25) is 23.6 Å². The molecule has 0 aliphatic heterocycles. The molecule has 1 aromatic carbocycles. The highest BCUT2D eigenvalue weighted by Gasteiger charge is 2.32. The number of hydrogen-bond donors (Lipinski definition) is 9. The third-order valence-electron chi connectivity index (χ3n) is 5.77. The summed E-state index contributed by atoms with van der Waals surface area (Å²) in [6, 6.07) is 0.686. The van der Waals surface area contributed by atoms with Crippen molar-refractivity contribution in [2.24, 2.45) is 11.5 Å². The van der Waals surface area contributed by atoms with E-state index in [9.17, 15) is 43.8 Å².